The van der Waals surface area contributed by atoms with Crippen molar-refractivity contribution >= 4 is 12.0 Å². The van der Waals surface area contributed by atoms with Crippen LogP contribution in [0.4, 0.5) is 4.79 Å². The van der Waals surface area contributed by atoms with E-state index in [1.54, 1.807) is 0 Å². The van der Waals surface area contributed by atoms with Crippen LogP contribution in [-0.2, 0) is 4.79 Å². The highest BCUT2D eigenvalue weighted by Gasteiger charge is 2.25. The fourth-order valence-electron chi connectivity index (χ4n) is 2.37. The second-order valence-electron chi connectivity index (χ2n) is 5.21. The molecule has 3 atom stereocenters. The van der Waals surface area contributed by atoms with Gasteiger partial charge < -0.3 is 21.5 Å². The first kappa shape index (κ1) is 15.8. The molecule has 2 amide bonds. The molecule has 1 aliphatic rings. The van der Waals surface area contributed by atoms with E-state index >= 15 is 0 Å². The Kier molecular flexibility index (Phi) is 6.62. The van der Waals surface area contributed by atoms with Crippen molar-refractivity contribution in [2.75, 3.05) is 0 Å². The molecule has 0 aromatic heterocycles. The van der Waals surface area contributed by atoms with Gasteiger partial charge in [0.2, 0.25) is 0 Å². The molecule has 110 valence electrons. The molecule has 19 heavy (non-hydrogen) atoms. The van der Waals surface area contributed by atoms with Gasteiger partial charge in [0.15, 0.2) is 0 Å². The number of hydrogen-bond donors (Lipinski definition) is 4. The molecular weight excluding hydrogens is 246 g/mol. The number of rotatable bonds is 6. The molecule has 0 spiro atoms. The number of carboxylic acids is 1. The normalized spacial score (nSPS) is 24.5. The molecule has 0 aromatic rings. The van der Waals surface area contributed by atoms with Gasteiger partial charge in [0.1, 0.15) is 6.04 Å². The maximum atomic E-state index is 11.8. The highest BCUT2D eigenvalue weighted by molar-refractivity contribution is 5.82. The van der Waals surface area contributed by atoms with E-state index in [0.717, 1.165) is 38.5 Å². The fourth-order valence-corrected chi connectivity index (χ4v) is 2.37. The minimum absolute atomic E-state index is 0.0292. The highest BCUT2D eigenvalue weighted by Crippen LogP contribution is 2.16. The first-order valence-electron chi connectivity index (χ1n) is 7.10. The number of amides is 2. The van der Waals surface area contributed by atoms with Gasteiger partial charge >= 0.3 is 12.0 Å². The molecule has 6 nitrogen and oxygen atoms in total. The second-order valence-corrected chi connectivity index (χ2v) is 5.21. The second kappa shape index (κ2) is 7.99. The molecule has 1 aliphatic carbocycles. The van der Waals surface area contributed by atoms with Crippen LogP contribution < -0.4 is 16.4 Å². The number of carboxylic acid groups (broad SMARTS) is 1. The van der Waals surface area contributed by atoms with Gasteiger partial charge in [-0.2, -0.15) is 0 Å². The number of nitrogens with one attached hydrogen (secondary N) is 2. The summed E-state index contributed by atoms with van der Waals surface area (Å²) in [6.45, 7) is 1.99. The zero-order valence-electron chi connectivity index (χ0n) is 11.5. The summed E-state index contributed by atoms with van der Waals surface area (Å²) in [5, 5.41) is 14.3. The van der Waals surface area contributed by atoms with Gasteiger partial charge in [-0.15, -0.1) is 0 Å². The number of unbranched alkanes of at least 4 members (excludes halogenated alkanes) is 1. The molecule has 0 aliphatic heterocycles. The van der Waals surface area contributed by atoms with Crippen LogP contribution in [0, 0.1) is 0 Å². The van der Waals surface area contributed by atoms with Crippen molar-refractivity contribution in [2.45, 2.75) is 70.0 Å². The van der Waals surface area contributed by atoms with E-state index in [2.05, 4.69) is 10.6 Å². The zero-order valence-corrected chi connectivity index (χ0v) is 11.5. The standard InChI is InChI=1S/C13H25N3O3/c1-2-3-7-11(12(17)18)16-13(19)15-10-8-5-4-6-9(10)14/h9-11H,2-8,14H2,1H3,(H,17,18)(H2,15,16,19). The molecule has 0 aromatic carbocycles. The summed E-state index contributed by atoms with van der Waals surface area (Å²) in [6, 6.07) is -1.32. The fraction of sp³-hybridized carbons (Fsp3) is 0.846. The van der Waals surface area contributed by atoms with E-state index in [9.17, 15) is 9.59 Å². The summed E-state index contributed by atoms with van der Waals surface area (Å²) >= 11 is 0. The lowest BCUT2D eigenvalue weighted by Crippen LogP contribution is -2.54. The van der Waals surface area contributed by atoms with E-state index < -0.39 is 18.0 Å². The summed E-state index contributed by atoms with van der Waals surface area (Å²) in [4.78, 5) is 22.8. The Labute approximate surface area is 114 Å². The minimum atomic E-state index is -0.989. The zero-order chi connectivity index (χ0) is 14.3. The van der Waals surface area contributed by atoms with Crippen molar-refractivity contribution in [3.63, 3.8) is 0 Å². The third-order valence-corrected chi connectivity index (χ3v) is 3.59. The molecule has 0 radical (unpaired) electrons. The molecule has 0 heterocycles. The summed E-state index contributed by atoms with van der Waals surface area (Å²) in [5.74, 6) is -0.989. The van der Waals surface area contributed by atoms with Crippen molar-refractivity contribution in [3.05, 3.63) is 0 Å². The number of hydrogen-bond acceptors (Lipinski definition) is 3. The van der Waals surface area contributed by atoms with Gasteiger partial charge in [0.25, 0.3) is 0 Å². The molecule has 1 saturated carbocycles. The van der Waals surface area contributed by atoms with E-state index in [1.165, 1.54) is 0 Å². The van der Waals surface area contributed by atoms with E-state index in [1.807, 2.05) is 6.92 Å². The van der Waals surface area contributed by atoms with Gasteiger partial charge in [-0.1, -0.05) is 32.6 Å². The van der Waals surface area contributed by atoms with Crippen molar-refractivity contribution in [1.29, 1.82) is 0 Å². The van der Waals surface area contributed by atoms with Crippen molar-refractivity contribution in [3.8, 4) is 0 Å². The van der Waals surface area contributed by atoms with Gasteiger partial charge in [-0.05, 0) is 19.3 Å². The molecule has 0 bridgehead atoms. The predicted molar refractivity (Wildman–Crippen MR) is 72.8 cm³/mol. The van der Waals surface area contributed by atoms with Crippen LogP contribution in [-0.4, -0.2) is 35.2 Å². The number of nitrogens with two attached hydrogens (primary N) is 1. The van der Waals surface area contributed by atoms with Crippen molar-refractivity contribution < 1.29 is 14.7 Å². The van der Waals surface area contributed by atoms with Crippen molar-refractivity contribution in [1.82, 2.24) is 10.6 Å². The Hall–Kier alpha value is -1.30. The van der Waals surface area contributed by atoms with E-state index in [-0.39, 0.29) is 12.1 Å². The average Bonchev–Trinajstić information content (AvgIpc) is 2.37. The largest absolute Gasteiger partial charge is 0.480 e. The molecule has 5 N–H and O–H groups in total. The molecule has 0 saturated heterocycles. The summed E-state index contributed by atoms with van der Waals surface area (Å²) in [5.41, 5.74) is 5.94. The Balaban J connectivity index is 2.40. The van der Waals surface area contributed by atoms with Crippen LogP contribution >= 0.6 is 0 Å². The van der Waals surface area contributed by atoms with Gasteiger partial charge in [0, 0.05) is 12.1 Å². The summed E-state index contributed by atoms with van der Waals surface area (Å²) in [6.07, 6.45) is 6.05. The maximum absolute atomic E-state index is 11.8. The third kappa shape index (κ3) is 5.46. The number of carbonyl (C=O) groups excluding carboxylic acids is 1. The molecule has 1 fully saturated rings. The smallest absolute Gasteiger partial charge is 0.326 e. The lowest BCUT2D eigenvalue weighted by atomic mass is 9.91. The Bertz CT molecular complexity index is 310. The SMILES string of the molecule is CCCCC(NC(=O)NC1CCCCC1N)C(=O)O. The van der Waals surface area contributed by atoms with Crippen LogP contribution in [0.1, 0.15) is 51.9 Å². The minimum Gasteiger partial charge on any atom is -0.480 e. The third-order valence-electron chi connectivity index (χ3n) is 3.59. The first-order valence-corrected chi connectivity index (χ1v) is 7.10. The topological polar surface area (TPSA) is 104 Å². The number of urea groups is 1. The van der Waals surface area contributed by atoms with Crippen LogP contribution in [0.3, 0.4) is 0 Å². The Morgan fingerprint density at radius 3 is 2.63 bits per heavy atom. The average molecular weight is 271 g/mol. The lowest BCUT2D eigenvalue weighted by molar-refractivity contribution is -0.139. The monoisotopic (exact) mass is 271 g/mol. The maximum Gasteiger partial charge on any atom is 0.326 e. The van der Waals surface area contributed by atoms with Crippen LogP contribution in [0.15, 0.2) is 0 Å². The van der Waals surface area contributed by atoms with E-state index in [0.29, 0.717) is 6.42 Å². The van der Waals surface area contributed by atoms with Crippen LogP contribution in [0.5, 0.6) is 0 Å². The number of carbonyl (C=O) groups is 2. The quantitative estimate of drug-likeness (QED) is 0.582. The first-order chi connectivity index (χ1) is 9.04. The highest BCUT2D eigenvalue weighted by atomic mass is 16.4. The van der Waals surface area contributed by atoms with Crippen molar-refractivity contribution in [2.24, 2.45) is 5.73 Å². The van der Waals surface area contributed by atoms with E-state index in [4.69, 9.17) is 10.8 Å². The number of aliphatic carboxylic acids is 1. The van der Waals surface area contributed by atoms with Crippen LogP contribution in [0.25, 0.3) is 0 Å². The summed E-state index contributed by atoms with van der Waals surface area (Å²) < 4.78 is 0. The molecular formula is C13H25N3O3. The van der Waals surface area contributed by atoms with Gasteiger partial charge in [-0.25, -0.2) is 9.59 Å². The van der Waals surface area contributed by atoms with Gasteiger partial charge in [-0.3, -0.25) is 0 Å². The summed E-state index contributed by atoms with van der Waals surface area (Å²) in [7, 11) is 0. The Morgan fingerprint density at radius 1 is 1.37 bits per heavy atom. The van der Waals surface area contributed by atoms with Gasteiger partial charge in [0.05, 0.1) is 0 Å². The predicted octanol–water partition coefficient (Wildman–Crippen LogP) is 1.20. The molecule has 6 heteroatoms. The van der Waals surface area contributed by atoms with Crippen LogP contribution in [0.2, 0.25) is 0 Å². The lowest BCUT2D eigenvalue weighted by Gasteiger charge is -2.29. The Morgan fingerprint density at radius 2 is 2.05 bits per heavy atom. The molecule has 3 unspecified atom stereocenters. The molecule has 1 rings (SSSR count).